The molecule has 21 heavy (non-hydrogen) atoms. The highest BCUT2D eigenvalue weighted by molar-refractivity contribution is 9.10. The van der Waals surface area contributed by atoms with Crippen LogP contribution in [0.25, 0.3) is 11.4 Å². The molecule has 0 aliphatic rings. The first-order valence-electron chi connectivity index (χ1n) is 6.24. The van der Waals surface area contributed by atoms with Crippen molar-refractivity contribution in [1.82, 2.24) is 10.1 Å². The molecule has 0 aliphatic carbocycles. The Morgan fingerprint density at radius 2 is 1.90 bits per heavy atom. The third-order valence-corrected chi connectivity index (χ3v) is 3.73. The molecular formula is C15H11BrFN3O. The lowest BCUT2D eigenvalue weighted by Gasteiger charge is -2.05. The second-order valence-electron chi connectivity index (χ2n) is 4.47. The zero-order chi connectivity index (χ0) is 14.8. The zero-order valence-electron chi connectivity index (χ0n) is 10.8. The Morgan fingerprint density at radius 1 is 1.14 bits per heavy atom. The van der Waals surface area contributed by atoms with E-state index in [1.807, 2.05) is 30.3 Å². The number of hydrogen-bond donors (Lipinski definition) is 1. The molecule has 1 atom stereocenters. The van der Waals surface area contributed by atoms with Gasteiger partial charge in [0.05, 0.1) is 0 Å². The highest BCUT2D eigenvalue weighted by Gasteiger charge is 2.18. The van der Waals surface area contributed by atoms with Crippen molar-refractivity contribution in [2.75, 3.05) is 0 Å². The predicted molar refractivity (Wildman–Crippen MR) is 79.9 cm³/mol. The first kappa shape index (κ1) is 13.9. The molecule has 2 aromatic carbocycles. The Morgan fingerprint density at radius 3 is 2.67 bits per heavy atom. The summed E-state index contributed by atoms with van der Waals surface area (Å²) in [7, 11) is 0. The number of nitrogens with two attached hydrogens (primary N) is 1. The summed E-state index contributed by atoms with van der Waals surface area (Å²) in [6, 6.07) is 13.2. The summed E-state index contributed by atoms with van der Waals surface area (Å²) < 4.78 is 19.2. The standard InChI is InChI=1S/C15H11BrFN3O/c16-12-7-6-10(17)8-11(12)14-19-15(21-20-14)13(18)9-4-2-1-3-5-9/h1-8,13H,18H2/t13-/m1/s1. The van der Waals surface area contributed by atoms with Gasteiger partial charge in [-0.25, -0.2) is 4.39 Å². The molecule has 106 valence electrons. The normalized spacial score (nSPS) is 12.3. The monoisotopic (exact) mass is 347 g/mol. The molecule has 0 amide bonds. The maximum atomic E-state index is 13.3. The number of rotatable bonds is 3. The van der Waals surface area contributed by atoms with Crippen LogP contribution in [0.4, 0.5) is 4.39 Å². The maximum absolute atomic E-state index is 13.3. The summed E-state index contributed by atoms with van der Waals surface area (Å²) in [4.78, 5) is 4.26. The number of nitrogens with zero attached hydrogens (tertiary/aromatic N) is 2. The van der Waals surface area contributed by atoms with Gasteiger partial charge in [0.2, 0.25) is 11.7 Å². The molecule has 1 heterocycles. The molecule has 0 spiro atoms. The predicted octanol–water partition coefficient (Wildman–Crippen LogP) is 3.69. The Balaban J connectivity index is 1.95. The van der Waals surface area contributed by atoms with Crippen molar-refractivity contribution in [3.8, 4) is 11.4 Å². The first-order chi connectivity index (χ1) is 10.1. The van der Waals surface area contributed by atoms with Crippen molar-refractivity contribution >= 4 is 15.9 Å². The van der Waals surface area contributed by atoms with Gasteiger partial charge in [-0.3, -0.25) is 0 Å². The molecule has 0 unspecified atom stereocenters. The fourth-order valence-corrected chi connectivity index (χ4v) is 2.37. The van der Waals surface area contributed by atoms with Crippen LogP contribution >= 0.6 is 15.9 Å². The molecule has 2 N–H and O–H groups in total. The van der Waals surface area contributed by atoms with Crippen molar-refractivity contribution in [2.24, 2.45) is 5.73 Å². The van der Waals surface area contributed by atoms with Crippen LogP contribution in [-0.2, 0) is 0 Å². The van der Waals surface area contributed by atoms with Crippen molar-refractivity contribution < 1.29 is 8.91 Å². The second kappa shape index (κ2) is 5.75. The summed E-state index contributed by atoms with van der Waals surface area (Å²) in [5.41, 5.74) is 7.48. The van der Waals surface area contributed by atoms with Crippen LogP contribution in [0.15, 0.2) is 57.5 Å². The minimum atomic E-state index is -0.514. The lowest BCUT2D eigenvalue weighted by molar-refractivity contribution is 0.367. The minimum absolute atomic E-state index is 0.285. The third kappa shape index (κ3) is 2.86. The van der Waals surface area contributed by atoms with E-state index in [0.717, 1.165) is 5.56 Å². The molecule has 0 saturated carbocycles. The van der Waals surface area contributed by atoms with E-state index in [1.165, 1.54) is 12.1 Å². The lowest BCUT2D eigenvalue weighted by atomic mass is 10.1. The molecule has 1 aromatic heterocycles. The molecule has 0 fully saturated rings. The van der Waals surface area contributed by atoms with Crippen molar-refractivity contribution in [2.45, 2.75) is 6.04 Å². The average molecular weight is 348 g/mol. The number of halogens is 2. The van der Waals surface area contributed by atoms with E-state index in [2.05, 4.69) is 26.1 Å². The van der Waals surface area contributed by atoms with Crippen molar-refractivity contribution in [1.29, 1.82) is 0 Å². The molecule has 0 radical (unpaired) electrons. The van der Waals surface area contributed by atoms with E-state index in [9.17, 15) is 4.39 Å². The maximum Gasteiger partial charge on any atom is 0.248 e. The molecule has 3 rings (SSSR count). The van der Waals surface area contributed by atoms with E-state index in [0.29, 0.717) is 15.9 Å². The van der Waals surface area contributed by atoms with Gasteiger partial charge >= 0.3 is 0 Å². The van der Waals surface area contributed by atoms with Crippen LogP contribution in [-0.4, -0.2) is 10.1 Å². The average Bonchev–Trinajstić information content (AvgIpc) is 2.99. The molecule has 4 nitrogen and oxygen atoms in total. The minimum Gasteiger partial charge on any atom is -0.337 e. The van der Waals surface area contributed by atoms with Crippen LogP contribution in [0.1, 0.15) is 17.5 Å². The third-order valence-electron chi connectivity index (χ3n) is 3.04. The smallest absolute Gasteiger partial charge is 0.248 e. The Kier molecular flexibility index (Phi) is 3.81. The van der Waals surface area contributed by atoms with Gasteiger partial charge in [-0.1, -0.05) is 51.4 Å². The largest absolute Gasteiger partial charge is 0.337 e. The SMILES string of the molecule is N[C@H](c1ccccc1)c1nc(-c2cc(F)ccc2Br)no1. The fraction of sp³-hybridized carbons (Fsp3) is 0.0667. The first-order valence-corrected chi connectivity index (χ1v) is 7.04. The molecule has 0 saturated heterocycles. The van der Waals surface area contributed by atoms with E-state index in [-0.39, 0.29) is 11.7 Å². The van der Waals surface area contributed by atoms with Gasteiger partial charge in [0.25, 0.3) is 0 Å². The quantitative estimate of drug-likeness (QED) is 0.784. The van der Waals surface area contributed by atoms with Crippen LogP contribution < -0.4 is 5.73 Å². The Hall–Kier alpha value is -2.05. The Labute approximate surface area is 128 Å². The molecular weight excluding hydrogens is 337 g/mol. The van der Waals surface area contributed by atoms with Crippen LogP contribution in [0.3, 0.4) is 0 Å². The zero-order valence-corrected chi connectivity index (χ0v) is 12.4. The van der Waals surface area contributed by atoms with Gasteiger partial charge in [-0.05, 0) is 23.8 Å². The summed E-state index contributed by atoms with van der Waals surface area (Å²) in [6.07, 6.45) is 0. The molecule has 0 aliphatic heterocycles. The van der Waals surface area contributed by atoms with Crippen LogP contribution in [0, 0.1) is 5.82 Å². The van der Waals surface area contributed by atoms with Gasteiger partial charge in [-0.2, -0.15) is 4.98 Å². The number of hydrogen-bond acceptors (Lipinski definition) is 4. The van der Waals surface area contributed by atoms with Crippen LogP contribution in [0.5, 0.6) is 0 Å². The molecule has 3 aromatic rings. The van der Waals surface area contributed by atoms with E-state index in [4.69, 9.17) is 10.3 Å². The van der Waals surface area contributed by atoms with Gasteiger partial charge in [0.1, 0.15) is 11.9 Å². The van der Waals surface area contributed by atoms with Crippen molar-refractivity contribution in [3.63, 3.8) is 0 Å². The number of benzene rings is 2. The van der Waals surface area contributed by atoms with Gasteiger partial charge < -0.3 is 10.3 Å². The van der Waals surface area contributed by atoms with Crippen LogP contribution in [0.2, 0.25) is 0 Å². The lowest BCUT2D eigenvalue weighted by Crippen LogP contribution is -2.11. The van der Waals surface area contributed by atoms with Crippen molar-refractivity contribution in [3.05, 3.63) is 70.3 Å². The summed E-state index contributed by atoms with van der Waals surface area (Å²) in [5, 5.41) is 3.87. The van der Waals surface area contributed by atoms with Gasteiger partial charge in [0, 0.05) is 10.0 Å². The Bertz CT molecular complexity index is 761. The summed E-state index contributed by atoms with van der Waals surface area (Å²) in [6.45, 7) is 0. The topological polar surface area (TPSA) is 64.9 Å². The highest BCUT2D eigenvalue weighted by Crippen LogP contribution is 2.28. The fourth-order valence-electron chi connectivity index (χ4n) is 1.94. The van der Waals surface area contributed by atoms with E-state index in [1.54, 1.807) is 6.07 Å². The summed E-state index contributed by atoms with van der Waals surface area (Å²) in [5.74, 6) is 0.210. The van der Waals surface area contributed by atoms with E-state index < -0.39 is 6.04 Å². The molecule has 6 heteroatoms. The molecule has 0 bridgehead atoms. The van der Waals surface area contributed by atoms with Gasteiger partial charge in [0.15, 0.2) is 0 Å². The second-order valence-corrected chi connectivity index (χ2v) is 5.32. The number of aromatic nitrogens is 2. The highest BCUT2D eigenvalue weighted by atomic mass is 79.9. The summed E-state index contributed by atoms with van der Waals surface area (Å²) >= 11 is 3.34. The van der Waals surface area contributed by atoms with E-state index >= 15 is 0 Å². The van der Waals surface area contributed by atoms with Gasteiger partial charge in [-0.15, -0.1) is 0 Å².